The van der Waals surface area contributed by atoms with Crippen LogP contribution in [0.4, 0.5) is 0 Å². The number of Topliss-reactive ketones (excluding diaryl/α,β-unsaturated/α-hetero) is 1. The summed E-state index contributed by atoms with van der Waals surface area (Å²) in [4.78, 5) is 23.7. The quantitative estimate of drug-likeness (QED) is 0.109. The molecule has 0 fully saturated rings. The fourth-order valence-electron chi connectivity index (χ4n) is 8.32. The number of nitrogens with one attached hydrogen (secondary N) is 2. The number of aryl methyl sites for hydroxylation is 3. The highest BCUT2D eigenvalue weighted by Crippen LogP contribution is 2.36. The molecule has 0 amide bonds. The fraction of sp³-hybridized carbons (Fsp3) is 0.143. The summed E-state index contributed by atoms with van der Waals surface area (Å²) < 4.78 is 5.22. The van der Waals surface area contributed by atoms with Crippen LogP contribution in [0.5, 0.6) is 0 Å². The van der Waals surface area contributed by atoms with Crippen molar-refractivity contribution in [3.63, 3.8) is 0 Å². The lowest BCUT2D eigenvalue weighted by molar-refractivity contribution is 0.101. The average Bonchev–Trinajstić information content (AvgIpc) is 4.16. The van der Waals surface area contributed by atoms with E-state index in [4.69, 9.17) is 86.3 Å². The lowest BCUT2D eigenvalue weighted by atomic mass is 10.0. The third-order valence-corrected chi connectivity index (χ3v) is 13.9. The van der Waals surface area contributed by atoms with Crippen LogP contribution < -0.4 is 11.0 Å². The molecular formula is C56H46Cl7N9O2. The maximum atomic E-state index is 12.0. The lowest BCUT2D eigenvalue weighted by Gasteiger charge is -2.11. The molecule has 0 saturated heterocycles. The van der Waals surface area contributed by atoms with E-state index in [2.05, 4.69) is 64.4 Å². The topological polar surface area (TPSA) is 124 Å². The number of halogens is 7. The maximum Gasteiger partial charge on any atom is 0.273 e. The molecule has 0 atom stereocenters. The molecule has 74 heavy (non-hydrogen) atoms. The first kappa shape index (κ1) is 54.0. The molecule has 6 aromatic carbocycles. The fourth-order valence-corrected chi connectivity index (χ4v) is 9.97. The molecule has 0 saturated carbocycles. The average molecular weight is 1130 g/mol. The Morgan fingerprint density at radius 2 is 0.824 bits per heavy atom. The molecule has 0 aliphatic carbocycles. The van der Waals surface area contributed by atoms with Crippen LogP contribution in [0.25, 0.3) is 50.8 Å². The van der Waals surface area contributed by atoms with Gasteiger partial charge in [-0.3, -0.25) is 9.59 Å². The number of hydrazine groups is 1. The minimum absolute atomic E-state index is 0.0790. The Balaban J connectivity index is 0.000000148. The Morgan fingerprint density at radius 3 is 1.16 bits per heavy atom. The van der Waals surface area contributed by atoms with Gasteiger partial charge in [-0.2, -0.15) is 20.4 Å². The van der Waals surface area contributed by atoms with Crippen molar-refractivity contribution in [1.82, 2.24) is 40.3 Å². The predicted molar refractivity (Wildman–Crippen MR) is 303 cm³/mol. The Hall–Kier alpha value is -6.25. The summed E-state index contributed by atoms with van der Waals surface area (Å²) in [7, 11) is 0. The second kappa shape index (κ2) is 23.1. The lowest BCUT2D eigenvalue weighted by Crippen LogP contribution is -2.22. The minimum atomic E-state index is -0.607. The summed E-state index contributed by atoms with van der Waals surface area (Å²) in [5.41, 5.74) is 21.9. The maximum absolute atomic E-state index is 12.0. The minimum Gasteiger partial charge on any atom is -0.293 e. The van der Waals surface area contributed by atoms with Gasteiger partial charge in [-0.05, 0) is 108 Å². The van der Waals surface area contributed by atoms with Crippen molar-refractivity contribution < 1.29 is 9.59 Å². The van der Waals surface area contributed by atoms with Crippen molar-refractivity contribution in [3.05, 3.63) is 208 Å². The zero-order valence-electron chi connectivity index (χ0n) is 40.9. The summed E-state index contributed by atoms with van der Waals surface area (Å²) in [6.07, 6.45) is 0. The molecule has 9 aromatic rings. The van der Waals surface area contributed by atoms with E-state index >= 15 is 0 Å². The highest BCUT2D eigenvalue weighted by atomic mass is 35.5. The summed E-state index contributed by atoms with van der Waals surface area (Å²) in [5, 5.41) is 20.5. The van der Waals surface area contributed by atoms with Crippen LogP contribution in [0, 0.1) is 41.5 Å². The van der Waals surface area contributed by atoms with Gasteiger partial charge in [0.1, 0.15) is 22.8 Å². The Bertz CT molecular complexity index is 3460. The molecule has 1 aliphatic heterocycles. The molecule has 4 heterocycles. The van der Waals surface area contributed by atoms with E-state index in [1.54, 1.807) is 51.8 Å². The van der Waals surface area contributed by atoms with E-state index in [0.717, 1.165) is 67.6 Å². The molecule has 0 unspecified atom stereocenters. The molecule has 0 radical (unpaired) electrons. The van der Waals surface area contributed by atoms with E-state index in [-0.39, 0.29) is 11.5 Å². The number of benzene rings is 6. The first-order chi connectivity index (χ1) is 35.3. The highest BCUT2D eigenvalue weighted by molar-refractivity contribution is 6.67. The number of rotatable bonds is 9. The number of carbonyl (C=O) groups excluding carboxylic acids is 2. The van der Waals surface area contributed by atoms with E-state index < -0.39 is 5.24 Å². The van der Waals surface area contributed by atoms with Crippen LogP contribution in [-0.4, -0.2) is 52.6 Å². The van der Waals surface area contributed by atoms with Gasteiger partial charge in [-0.1, -0.05) is 159 Å². The van der Waals surface area contributed by atoms with Crippen LogP contribution in [0.15, 0.2) is 132 Å². The molecule has 2 N–H and O–H groups in total. The molecule has 0 spiro atoms. The van der Waals surface area contributed by atoms with Crippen LogP contribution in [0.1, 0.15) is 67.0 Å². The molecule has 376 valence electrons. The molecule has 1 aliphatic rings. The highest BCUT2D eigenvalue weighted by Gasteiger charge is 2.25. The monoisotopic (exact) mass is 1120 g/mol. The van der Waals surface area contributed by atoms with Gasteiger partial charge < -0.3 is 0 Å². The number of ketones is 1. The second-order valence-electron chi connectivity index (χ2n) is 17.4. The second-order valence-corrected chi connectivity index (χ2v) is 20.3. The van der Waals surface area contributed by atoms with Gasteiger partial charge in [0.25, 0.3) is 5.24 Å². The van der Waals surface area contributed by atoms with Crippen molar-refractivity contribution in [2.75, 3.05) is 6.54 Å². The Labute approximate surface area is 463 Å². The first-order valence-electron chi connectivity index (χ1n) is 22.9. The van der Waals surface area contributed by atoms with E-state index in [1.165, 1.54) is 18.1 Å². The SMILES string of the molecule is CC(=O)c1nn(-c2ccc(Cl)cc2Cl)c(-c2ccc(C)cc2)c1C.Cc1ccc(-c2c(C)c(C(=O)Cl)nn2-c2ccc(Cl)cc2Cl)cc1.Cc1ccc(-c2c(C)c(C3=NNNC3)nn2-c2ccc(Cl)cc2Cl)cc1. The zero-order chi connectivity index (χ0) is 53.1. The largest absolute Gasteiger partial charge is 0.293 e. The predicted octanol–water partition coefficient (Wildman–Crippen LogP) is 15.8. The van der Waals surface area contributed by atoms with Gasteiger partial charge in [0.2, 0.25) is 0 Å². The van der Waals surface area contributed by atoms with Gasteiger partial charge in [0.05, 0.1) is 55.8 Å². The number of hydrogen-bond donors (Lipinski definition) is 2. The van der Waals surface area contributed by atoms with Crippen molar-refractivity contribution >= 4 is 97.9 Å². The van der Waals surface area contributed by atoms with Crippen LogP contribution in [-0.2, 0) is 0 Å². The summed E-state index contributed by atoms with van der Waals surface area (Å²) in [6, 6.07) is 40.2. The third-order valence-electron chi connectivity index (χ3n) is 12.1. The molecule has 3 aromatic heterocycles. The van der Waals surface area contributed by atoms with Crippen molar-refractivity contribution in [2.45, 2.75) is 48.5 Å². The van der Waals surface area contributed by atoms with E-state index in [9.17, 15) is 9.59 Å². The summed E-state index contributed by atoms with van der Waals surface area (Å²) >= 11 is 42.9. The van der Waals surface area contributed by atoms with Crippen LogP contribution in [0.2, 0.25) is 30.1 Å². The zero-order valence-corrected chi connectivity index (χ0v) is 46.2. The summed E-state index contributed by atoms with van der Waals surface area (Å²) in [6.45, 7) is 14.0. The van der Waals surface area contributed by atoms with Crippen molar-refractivity contribution in [1.29, 1.82) is 0 Å². The molecule has 11 nitrogen and oxygen atoms in total. The van der Waals surface area contributed by atoms with Gasteiger partial charge in [0, 0.05) is 55.4 Å². The first-order valence-corrected chi connectivity index (χ1v) is 25.6. The van der Waals surface area contributed by atoms with Gasteiger partial charge in [0.15, 0.2) is 5.78 Å². The molecule has 18 heteroatoms. The molecule has 0 bridgehead atoms. The van der Waals surface area contributed by atoms with Crippen LogP contribution >= 0.6 is 81.2 Å². The number of nitrogens with zero attached hydrogens (tertiary/aromatic N) is 7. The number of hydrogen-bond acceptors (Lipinski definition) is 8. The van der Waals surface area contributed by atoms with Gasteiger partial charge in [-0.15, -0.1) is 0 Å². The number of carbonyl (C=O) groups is 2. The summed E-state index contributed by atoms with van der Waals surface area (Å²) in [5.74, 6) is -0.0790. The van der Waals surface area contributed by atoms with Crippen molar-refractivity contribution in [3.8, 4) is 50.8 Å². The van der Waals surface area contributed by atoms with Gasteiger partial charge in [-0.25, -0.2) is 25.0 Å². The van der Waals surface area contributed by atoms with E-state index in [1.807, 2.05) is 93.0 Å². The van der Waals surface area contributed by atoms with Crippen LogP contribution in [0.3, 0.4) is 0 Å². The normalized spacial score (nSPS) is 11.8. The standard InChI is InChI=1S/C19H17Cl2N5.C19H16Cl2N2O.C18H13Cl3N2O/c1-11-3-5-13(6-4-11)19-12(2)18(16-10-22-25-23-16)24-26(19)17-8-7-14(20)9-15(17)21;1-11-4-6-14(7-5-11)19-12(2)18(13(3)24)22-23(19)17-9-8-15(20)10-16(17)21;1-10-3-5-12(6-4-10)17-11(2)16(18(21)24)22-23(17)15-8-7-13(19)9-14(15)20/h3-9,22,25H,10H2,1-2H3;4-10H,1-3H3;3-9H,1-2H3. The van der Waals surface area contributed by atoms with E-state index in [0.29, 0.717) is 59.3 Å². The molecule has 10 rings (SSSR count). The Morgan fingerprint density at radius 1 is 0.473 bits per heavy atom. The smallest absolute Gasteiger partial charge is 0.273 e. The molecular weight excluding hydrogens is 1080 g/mol. The Kier molecular flexibility index (Phi) is 16.9. The van der Waals surface area contributed by atoms with Crippen molar-refractivity contribution in [2.24, 2.45) is 5.10 Å². The number of hydrazone groups is 1. The number of aromatic nitrogens is 6. The van der Waals surface area contributed by atoms with Gasteiger partial charge >= 0.3 is 0 Å². The third kappa shape index (κ3) is 11.7.